The highest BCUT2D eigenvalue weighted by molar-refractivity contribution is 6.31. The molecule has 2 heterocycles. The second-order valence-electron chi connectivity index (χ2n) is 7.28. The predicted octanol–water partition coefficient (Wildman–Crippen LogP) is 3.40. The minimum Gasteiger partial charge on any atom is -0.483 e. The quantitative estimate of drug-likeness (QED) is 0.438. The second-order valence-corrected chi connectivity index (χ2v) is 7.72. The van der Waals surface area contributed by atoms with Crippen LogP contribution >= 0.6 is 11.6 Å². The number of tetrazole rings is 1. The molecular formula is C21H22ClN5O3. The van der Waals surface area contributed by atoms with Crippen LogP contribution in [-0.4, -0.2) is 33.0 Å². The monoisotopic (exact) mass is 427 g/mol. The van der Waals surface area contributed by atoms with Crippen LogP contribution in [0.1, 0.15) is 53.5 Å². The number of nitrogens with one attached hydrogen (secondary N) is 1. The molecule has 1 atom stereocenters. The number of nitrogens with two attached hydrogens (primary N) is 1. The Hall–Kier alpha value is -2.97. The van der Waals surface area contributed by atoms with Gasteiger partial charge in [-0.25, -0.2) is 0 Å². The lowest BCUT2D eigenvalue weighted by Gasteiger charge is -2.33. The maximum absolute atomic E-state index is 13.3. The molecule has 0 amide bonds. The van der Waals surface area contributed by atoms with Gasteiger partial charge in [0.15, 0.2) is 17.3 Å². The second kappa shape index (κ2) is 8.41. The topological polar surface area (TPSA) is 116 Å². The van der Waals surface area contributed by atoms with Gasteiger partial charge in [0.05, 0.1) is 5.56 Å². The van der Waals surface area contributed by atoms with E-state index >= 15 is 0 Å². The summed E-state index contributed by atoms with van der Waals surface area (Å²) in [4.78, 5) is 13.3. The molecule has 1 aliphatic rings. The van der Waals surface area contributed by atoms with Crippen molar-refractivity contribution in [2.24, 2.45) is 5.73 Å². The van der Waals surface area contributed by atoms with Crippen molar-refractivity contribution >= 4 is 17.4 Å². The smallest absolute Gasteiger partial charge is 0.257 e. The van der Waals surface area contributed by atoms with Crippen molar-refractivity contribution in [1.82, 2.24) is 20.6 Å². The molecule has 3 N–H and O–H groups in total. The van der Waals surface area contributed by atoms with Gasteiger partial charge in [-0.15, -0.1) is 10.2 Å². The molecule has 0 saturated heterocycles. The zero-order chi connectivity index (χ0) is 21.1. The van der Waals surface area contributed by atoms with Crippen LogP contribution < -0.4 is 15.2 Å². The van der Waals surface area contributed by atoms with Crippen LogP contribution in [0.2, 0.25) is 5.02 Å². The van der Waals surface area contributed by atoms with Gasteiger partial charge >= 0.3 is 0 Å². The Labute approximate surface area is 178 Å². The molecule has 0 saturated carbocycles. The summed E-state index contributed by atoms with van der Waals surface area (Å²) in [5.41, 5.74) is 6.79. The highest BCUT2D eigenvalue weighted by Crippen LogP contribution is 2.42. The number of ketones is 1. The van der Waals surface area contributed by atoms with E-state index in [0.717, 1.165) is 12.8 Å². The van der Waals surface area contributed by atoms with Crippen molar-refractivity contribution in [2.45, 2.75) is 38.3 Å². The molecule has 0 aliphatic carbocycles. The highest BCUT2D eigenvalue weighted by Gasteiger charge is 2.41. The zero-order valence-electron chi connectivity index (χ0n) is 16.5. The number of H-pyrrole nitrogens is 1. The molecule has 0 radical (unpaired) electrons. The molecule has 4 rings (SSSR count). The number of ether oxygens (including phenoxy) is 2. The number of unbranched alkanes of at least 4 members (excludes halogenated alkanes) is 2. The van der Waals surface area contributed by atoms with E-state index in [1.165, 1.54) is 18.4 Å². The Kier molecular flexibility index (Phi) is 5.69. The molecule has 1 aliphatic heterocycles. The fourth-order valence-electron chi connectivity index (χ4n) is 3.35. The first kappa shape index (κ1) is 20.3. The fraction of sp³-hybridized carbons (Fsp3) is 0.333. The Bertz CT molecular complexity index is 1040. The van der Waals surface area contributed by atoms with E-state index in [2.05, 4.69) is 27.5 Å². The molecular weight excluding hydrogens is 406 g/mol. The van der Waals surface area contributed by atoms with E-state index in [1.807, 2.05) is 24.3 Å². The van der Waals surface area contributed by atoms with Crippen molar-refractivity contribution in [1.29, 1.82) is 0 Å². The summed E-state index contributed by atoms with van der Waals surface area (Å²) in [6.07, 6.45) is 4.48. The summed E-state index contributed by atoms with van der Waals surface area (Å²) < 4.78 is 11.7. The van der Waals surface area contributed by atoms with Crippen molar-refractivity contribution in [3.8, 4) is 11.5 Å². The first-order valence-electron chi connectivity index (χ1n) is 9.82. The van der Waals surface area contributed by atoms with E-state index in [9.17, 15) is 4.79 Å². The van der Waals surface area contributed by atoms with Gasteiger partial charge in [-0.1, -0.05) is 55.6 Å². The van der Waals surface area contributed by atoms with Crippen LogP contribution in [0.4, 0.5) is 0 Å². The van der Waals surface area contributed by atoms with Crippen LogP contribution in [0, 0.1) is 0 Å². The van der Waals surface area contributed by atoms with Gasteiger partial charge in [-0.2, -0.15) is 5.21 Å². The number of benzene rings is 2. The summed E-state index contributed by atoms with van der Waals surface area (Å²) in [5.74, 6) is 0.425. The van der Waals surface area contributed by atoms with Crippen molar-refractivity contribution in [3.63, 3.8) is 0 Å². The van der Waals surface area contributed by atoms with Gasteiger partial charge in [-0.05, 0) is 29.7 Å². The van der Waals surface area contributed by atoms with Crippen LogP contribution in [0.3, 0.4) is 0 Å². The Morgan fingerprint density at radius 3 is 2.77 bits per heavy atom. The van der Waals surface area contributed by atoms with E-state index in [4.69, 9.17) is 26.8 Å². The number of rotatable bonds is 7. The Balaban J connectivity index is 1.63. The van der Waals surface area contributed by atoms with Crippen LogP contribution in [0.25, 0.3) is 0 Å². The summed E-state index contributed by atoms with van der Waals surface area (Å²) in [6.45, 7) is 2.12. The SMILES string of the molecule is CCCCCc1ccc(C(=O)c2cc(Cl)cc3c2OC(N)(c2nn[nH]n2)CO3)cc1. The maximum Gasteiger partial charge on any atom is 0.257 e. The number of aromatic nitrogens is 4. The fourth-order valence-corrected chi connectivity index (χ4v) is 3.56. The van der Waals surface area contributed by atoms with Crippen LogP contribution in [-0.2, 0) is 12.1 Å². The molecule has 1 aromatic heterocycles. The van der Waals surface area contributed by atoms with E-state index in [0.29, 0.717) is 16.3 Å². The third-order valence-corrected chi connectivity index (χ3v) is 5.22. The number of fused-ring (bicyclic) bond motifs is 1. The van der Waals surface area contributed by atoms with Gasteiger partial charge in [0.2, 0.25) is 5.82 Å². The van der Waals surface area contributed by atoms with Crippen molar-refractivity contribution < 1.29 is 14.3 Å². The minimum atomic E-state index is -1.48. The van der Waals surface area contributed by atoms with E-state index < -0.39 is 5.72 Å². The molecule has 2 aromatic carbocycles. The third-order valence-electron chi connectivity index (χ3n) is 5.00. The first-order valence-corrected chi connectivity index (χ1v) is 10.2. The average molecular weight is 428 g/mol. The lowest BCUT2D eigenvalue weighted by molar-refractivity contribution is -0.0154. The van der Waals surface area contributed by atoms with Gasteiger partial charge in [-0.3, -0.25) is 10.5 Å². The van der Waals surface area contributed by atoms with Crippen molar-refractivity contribution in [3.05, 3.63) is 63.9 Å². The zero-order valence-corrected chi connectivity index (χ0v) is 17.3. The number of carbonyl (C=O) groups excluding carboxylic acids is 1. The van der Waals surface area contributed by atoms with Gasteiger partial charge in [0.25, 0.3) is 5.72 Å². The number of aromatic amines is 1. The summed E-state index contributed by atoms with van der Waals surface area (Å²) in [5, 5.41) is 14.0. The third kappa shape index (κ3) is 4.01. The summed E-state index contributed by atoms with van der Waals surface area (Å²) in [6, 6.07) is 10.7. The van der Waals surface area contributed by atoms with Crippen LogP contribution in [0.5, 0.6) is 11.5 Å². The molecule has 9 heteroatoms. The maximum atomic E-state index is 13.3. The number of carbonyl (C=O) groups is 1. The van der Waals surface area contributed by atoms with Gasteiger partial charge in [0.1, 0.15) is 6.61 Å². The van der Waals surface area contributed by atoms with E-state index in [-0.39, 0.29) is 29.5 Å². The van der Waals surface area contributed by atoms with E-state index in [1.54, 1.807) is 12.1 Å². The molecule has 30 heavy (non-hydrogen) atoms. The average Bonchev–Trinajstić information content (AvgIpc) is 3.30. The minimum absolute atomic E-state index is 0.0556. The van der Waals surface area contributed by atoms with Gasteiger partial charge in [0, 0.05) is 16.7 Å². The van der Waals surface area contributed by atoms with Crippen molar-refractivity contribution in [2.75, 3.05) is 6.61 Å². The lowest BCUT2D eigenvalue weighted by atomic mass is 9.98. The molecule has 0 bridgehead atoms. The standard InChI is InChI=1S/C21H22ClN5O3/c1-2-3-4-5-13-6-8-14(9-7-13)18(28)16-10-15(22)11-17-19(16)30-21(23,12-29-17)20-24-26-27-25-20/h6-11H,2-5,12,23H2,1H3,(H,24,25,26,27). The number of hydrogen-bond donors (Lipinski definition) is 2. The molecule has 156 valence electrons. The number of hydrogen-bond acceptors (Lipinski definition) is 7. The lowest BCUT2D eigenvalue weighted by Crippen LogP contribution is -2.51. The normalized spacial score (nSPS) is 17.7. The first-order chi connectivity index (χ1) is 14.5. The van der Waals surface area contributed by atoms with Gasteiger partial charge < -0.3 is 9.47 Å². The van der Waals surface area contributed by atoms with Crippen LogP contribution in [0.15, 0.2) is 36.4 Å². The largest absolute Gasteiger partial charge is 0.483 e. The number of aryl methyl sites for hydroxylation is 1. The predicted molar refractivity (Wildman–Crippen MR) is 111 cm³/mol. The molecule has 0 fully saturated rings. The summed E-state index contributed by atoms with van der Waals surface area (Å²) >= 11 is 6.22. The molecule has 3 aromatic rings. The number of halogens is 1. The number of nitrogens with zero attached hydrogens (tertiary/aromatic N) is 3. The summed E-state index contributed by atoms with van der Waals surface area (Å²) in [7, 11) is 0. The Morgan fingerprint density at radius 2 is 2.07 bits per heavy atom. The highest BCUT2D eigenvalue weighted by atomic mass is 35.5. The Morgan fingerprint density at radius 1 is 1.27 bits per heavy atom. The molecule has 1 unspecified atom stereocenters. The molecule has 8 nitrogen and oxygen atoms in total. The molecule has 0 spiro atoms.